The van der Waals surface area contributed by atoms with E-state index in [1.165, 1.54) is 16.4 Å². The van der Waals surface area contributed by atoms with Crippen LogP contribution in [0.2, 0.25) is 0 Å². The predicted molar refractivity (Wildman–Crippen MR) is 107 cm³/mol. The second kappa shape index (κ2) is 7.44. The first kappa shape index (κ1) is 19.9. The van der Waals surface area contributed by atoms with Gasteiger partial charge in [-0.1, -0.05) is 30.3 Å². The summed E-state index contributed by atoms with van der Waals surface area (Å²) in [5.41, 5.74) is 5.68. The fourth-order valence-electron chi connectivity index (χ4n) is 3.78. The van der Waals surface area contributed by atoms with Crippen LogP contribution in [0.3, 0.4) is 0 Å². The molecule has 2 aliphatic rings. The number of benzene rings is 2. The number of aliphatic carboxylic acids is 1. The van der Waals surface area contributed by atoms with E-state index in [9.17, 15) is 13.2 Å². The Bertz CT molecular complexity index is 999. The van der Waals surface area contributed by atoms with Crippen molar-refractivity contribution < 1.29 is 23.1 Å². The van der Waals surface area contributed by atoms with Crippen molar-refractivity contribution in [3.05, 3.63) is 60.2 Å². The molecule has 2 aromatic carbocycles. The van der Waals surface area contributed by atoms with Crippen molar-refractivity contribution in [2.45, 2.75) is 35.8 Å². The highest BCUT2D eigenvalue weighted by atomic mass is 32.2. The maximum Gasteiger partial charge on any atom is 0.320 e. The van der Waals surface area contributed by atoms with E-state index in [-0.39, 0.29) is 11.3 Å². The summed E-state index contributed by atoms with van der Waals surface area (Å²) in [6, 6.07) is 14.7. The highest BCUT2D eigenvalue weighted by Gasteiger charge is 2.58. The molecule has 7 nitrogen and oxygen atoms in total. The van der Waals surface area contributed by atoms with Crippen LogP contribution in [0.15, 0.2) is 59.5 Å². The van der Waals surface area contributed by atoms with Gasteiger partial charge in [0.05, 0.1) is 18.0 Å². The quantitative estimate of drug-likeness (QED) is 0.680. The number of hydrogen-bond donors (Lipinski definition) is 2. The lowest BCUT2D eigenvalue weighted by Gasteiger charge is -2.49. The minimum atomic E-state index is -3.68. The summed E-state index contributed by atoms with van der Waals surface area (Å²) < 4.78 is 33.9. The molecule has 0 amide bonds. The molecule has 0 bridgehead atoms. The number of rotatable bonds is 8. The summed E-state index contributed by atoms with van der Waals surface area (Å²) in [4.78, 5) is 11.1. The maximum atomic E-state index is 13.1. The zero-order valence-electron chi connectivity index (χ0n) is 15.9. The summed E-state index contributed by atoms with van der Waals surface area (Å²) in [5, 5.41) is 8.98. The number of hydrogen-bond acceptors (Lipinski definition) is 5. The van der Waals surface area contributed by atoms with Crippen LogP contribution in [-0.4, -0.2) is 48.5 Å². The van der Waals surface area contributed by atoms with Crippen LogP contribution >= 0.6 is 0 Å². The number of nitrogens with two attached hydrogens (primary N) is 1. The second-order valence-electron chi connectivity index (χ2n) is 7.82. The fourth-order valence-corrected chi connectivity index (χ4v) is 5.41. The molecule has 0 aromatic heterocycles. The summed E-state index contributed by atoms with van der Waals surface area (Å²) in [6.45, 7) is 0.627. The zero-order valence-corrected chi connectivity index (χ0v) is 16.7. The van der Waals surface area contributed by atoms with Gasteiger partial charge in [-0.05, 0) is 49.1 Å². The van der Waals surface area contributed by atoms with Gasteiger partial charge in [-0.15, -0.1) is 0 Å². The summed E-state index contributed by atoms with van der Waals surface area (Å²) in [6.07, 6.45) is 2.16. The Morgan fingerprint density at radius 1 is 1.17 bits per heavy atom. The van der Waals surface area contributed by atoms with Crippen molar-refractivity contribution in [2.75, 3.05) is 13.1 Å². The summed E-state index contributed by atoms with van der Waals surface area (Å²) in [5.74, 6) is 0.00319. The van der Waals surface area contributed by atoms with Crippen molar-refractivity contribution in [1.29, 1.82) is 0 Å². The molecule has 1 aliphatic heterocycles. The minimum absolute atomic E-state index is 0.0713. The van der Waals surface area contributed by atoms with Gasteiger partial charge in [-0.2, -0.15) is 4.31 Å². The van der Waals surface area contributed by atoms with Crippen molar-refractivity contribution in [1.82, 2.24) is 4.31 Å². The Hall–Kier alpha value is -2.42. The average Bonchev–Trinajstić information content (AvgIpc) is 3.50. The van der Waals surface area contributed by atoms with Gasteiger partial charge in [0, 0.05) is 5.92 Å². The van der Waals surface area contributed by atoms with Gasteiger partial charge >= 0.3 is 5.97 Å². The van der Waals surface area contributed by atoms with Crippen LogP contribution in [0, 0.1) is 5.92 Å². The monoisotopic (exact) mass is 416 g/mol. The molecule has 8 heteroatoms. The molecule has 1 saturated heterocycles. The average molecular weight is 416 g/mol. The van der Waals surface area contributed by atoms with E-state index in [2.05, 4.69) is 0 Å². The van der Waals surface area contributed by atoms with Gasteiger partial charge in [0.15, 0.2) is 0 Å². The molecule has 2 fully saturated rings. The lowest BCUT2D eigenvalue weighted by molar-refractivity contribution is -0.138. The van der Waals surface area contributed by atoms with Crippen LogP contribution in [0.5, 0.6) is 5.75 Å². The Morgan fingerprint density at radius 2 is 1.86 bits per heavy atom. The summed E-state index contributed by atoms with van der Waals surface area (Å²) in [7, 11) is -3.68. The van der Waals surface area contributed by atoms with E-state index in [0.29, 0.717) is 24.6 Å². The van der Waals surface area contributed by atoms with Crippen LogP contribution in [-0.2, 0) is 21.2 Å². The lowest BCUT2D eigenvalue weighted by Crippen LogP contribution is -2.67. The number of carboxylic acid groups (broad SMARTS) is 1. The van der Waals surface area contributed by atoms with Gasteiger partial charge in [0.1, 0.15) is 17.4 Å². The van der Waals surface area contributed by atoms with Crippen LogP contribution in [0.4, 0.5) is 0 Å². The van der Waals surface area contributed by atoms with Crippen LogP contribution < -0.4 is 10.5 Å². The topological polar surface area (TPSA) is 110 Å². The van der Waals surface area contributed by atoms with E-state index in [1.807, 2.05) is 30.3 Å². The number of carbonyl (C=O) groups is 1. The summed E-state index contributed by atoms with van der Waals surface area (Å²) >= 11 is 0. The first-order valence-electron chi connectivity index (χ1n) is 9.62. The fraction of sp³-hybridized carbons (Fsp3) is 0.381. The molecular weight excluding hydrogens is 392 g/mol. The number of nitrogens with zero attached hydrogens (tertiary/aromatic N) is 1. The maximum absolute atomic E-state index is 13.1. The van der Waals surface area contributed by atoms with Crippen molar-refractivity contribution in [3.63, 3.8) is 0 Å². The molecular formula is C21H24N2O5S. The minimum Gasteiger partial charge on any atom is -0.484 e. The molecule has 1 saturated carbocycles. The Balaban J connectivity index is 1.50. The molecule has 4 rings (SSSR count). The number of sulfonamides is 1. The Kier molecular flexibility index (Phi) is 5.10. The van der Waals surface area contributed by atoms with Crippen LogP contribution in [0.25, 0.3) is 0 Å². The second-order valence-corrected chi connectivity index (χ2v) is 9.76. The number of para-hydroxylation sites is 1. The molecule has 1 unspecified atom stereocenters. The van der Waals surface area contributed by atoms with Crippen LogP contribution in [0.1, 0.15) is 18.4 Å². The Morgan fingerprint density at radius 3 is 2.48 bits per heavy atom. The first-order valence-corrected chi connectivity index (χ1v) is 11.1. The van der Waals surface area contributed by atoms with E-state index in [4.69, 9.17) is 15.6 Å². The smallest absolute Gasteiger partial charge is 0.320 e. The van der Waals surface area contributed by atoms with E-state index >= 15 is 0 Å². The largest absolute Gasteiger partial charge is 0.484 e. The molecule has 0 radical (unpaired) electrons. The number of carboxylic acids is 1. The molecule has 1 heterocycles. The van der Waals surface area contributed by atoms with Crippen molar-refractivity contribution in [2.24, 2.45) is 11.7 Å². The van der Waals surface area contributed by atoms with Gasteiger partial charge in [0.25, 0.3) is 0 Å². The van der Waals surface area contributed by atoms with E-state index < -0.39 is 27.6 Å². The number of ether oxygens (including phenoxy) is 1. The molecule has 1 atom stereocenters. The van der Waals surface area contributed by atoms with Gasteiger partial charge < -0.3 is 15.6 Å². The predicted octanol–water partition coefficient (Wildman–Crippen LogP) is 1.87. The van der Waals surface area contributed by atoms with Crippen molar-refractivity contribution >= 4 is 16.0 Å². The molecule has 3 N–H and O–H groups in total. The zero-order chi connectivity index (χ0) is 20.6. The lowest BCUT2D eigenvalue weighted by atomic mass is 9.90. The highest BCUT2D eigenvalue weighted by molar-refractivity contribution is 7.89. The van der Waals surface area contributed by atoms with Gasteiger partial charge in [0.2, 0.25) is 10.0 Å². The molecule has 1 aliphatic carbocycles. The highest BCUT2D eigenvalue weighted by Crippen LogP contribution is 2.48. The molecule has 2 aromatic rings. The molecule has 0 spiro atoms. The van der Waals surface area contributed by atoms with Gasteiger partial charge in [-0.25, -0.2) is 8.42 Å². The van der Waals surface area contributed by atoms with Crippen molar-refractivity contribution in [3.8, 4) is 5.75 Å². The Labute approximate surface area is 170 Å². The first-order chi connectivity index (χ1) is 13.8. The van der Waals surface area contributed by atoms with Gasteiger partial charge in [-0.3, -0.25) is 4.79 Å². The normalized spacial score (nSPS) is 19.9. The SMILES string of the molecule is NC(Cc1cccc(S(=O)(=O)N2CC(Oc3ccccc3)(C3CC3)C2)c1)C(=O)O. The van der Waals surface area contributed by atoms with E-state index in [0.717, 1.165) is 18.6 Å². The third-order valence-electron chi connectivity index (χ3n) is 5.58. The van der Waals surface area contributed by atoms with E-state index in [1.54, 1.807) is 12.1 Å². The molecule has 154 valence electrons. The third-order valence-corrected chi connectivity index (χ3v) is 7.37. The standard InChI is InChI=1S/C21H24N2O5S/c22-19(20(24)25)12-15-5-4-8-18(11-15)29(26,27)23-13-21(14-23,16-9-10-16)28-17-6-2-1-3-7-17/h1-8,11,16,19H,9-10,12-14,22H2,(H,24,25). The molecule has 29 heavy (non-hydrogen) atoms. The third kappa shape index (κ3) is 4.01.